The van der Waals surface area contributed by atoms with Crippen LogP contribution in [0.2, 0.25) is 5.02 Å². The normalized spacial score (nSPS) is 17.5. The number of ether oxygens (including phenoxy) is 1. The largest absolute Gasteiger partial charge is 0.495 e. The Kier molecular flexibility index (Phi) is 6.10. The average Bonchev–Trinajstić information content (AvgIpc) is 3.09. The molecule has 2 heterocycles. The van der Waals surface area contributed by atoms with E-state index in [0.29, 0.717) is 48.1 Å². The van der Waals surface area contributed by atoms with Gasteiger partial charge in [-0.25, -0.2) is 4.79 Å². The highest BCUT2D eigenvalue weighted by molar-refractivity contribution is 6.46. The summed E-state index contributed by atoms with van der Waals surface area (Å²) in [5.41, 5.74) is 2.36. The number of halogens is 1. The van der Waals surface area contributed by atoms with Crippen LogP contribution in [-0.4, -0.2) is 48.4 Å². The summed E-state index contributed by atoms with van der Waals surface area (Å²) >= 11 is 6.06. The number of likely N-dealkylation sites (tertiary alicyclic amines) is 1. The van der Waals surface area contributed by atoms with Crippen molar-refractivity contribution < 1.29 is 14.3 Å². The van der Waals surface area contributed by atoms with E-state index in [0.717, 1.165) is 5.56 Å². The number of urea groups is 1. The van der Waals surface area contributed by atoms with Crippen LogP contribution < -0.4 is 15.4 Å². The molecule has 0 aromatic heterocycles. The van der Waals surface area contributed by atoms with E-state index < -0.39 is 5.66 Å². The van der Waals surface area contributed by atoms with E-state index in [4.69, 9.17) is 21.3 Å². The van der Waals surface area contributed by atoms with Crippen molar-refractivity contribution in [2.75, 3.05) is 25.5 Å². The van der Waals surface area contributed by atoms with Crippen LogP contribution in [0.4, 0.5) is 10.5 Å². The topological polar surface area (TPSA) is 83.0 Å². The zero-order valence-corrected chi connectivity index (χ0v) is 20.1. The number of aliphatic imine (C=N–C) groups is 1. The number of piperidine rings is 1. The molecule has 33 heavy (non-hydrogen) atoms. The SMILES string of the molecule is COc1ccc(Cl)cc1NC(=O)N1CCC2(CC1)N=C(c1ccc(C(C)(C)C)cc1)C(=O)N2. The number of anilines is 1. The first-order chi connectivity index (χ1) is 15.6. The summed E-state index contributed by atoms with van der Waals surface area (Å²) in [4.78, 5) is 32.0. The van der Waals surface area contributed by atoms with Crippen molar-refractivity contribution in [2.24, 2.45) is 4.99 Å². The molecular weight excluding hydrogens is 440 g/mol. The molecular formula is C25H29ClN4O3. The number of benzene rings is 2. The fourth-order valence-electron chi connectivity index (χ4n) is 4.18. The third-order valence-electron chi connectivity index (χ3n) is 6.19. The number of rotatable bonds is 3. The number of carbonyl (C=O) groups excluding carboxylic acids is 2. The first kappa shape index (κ1) is 23.1. The summed E-state index contributed by atoms with van der Waals surface area (Å²) in [5, 5.41) is 6.43. The Morgan fingerprint density at radius 2 is 1.82 bits per heavy atom. The molecule has 1 spiro atoms. The zero-order valence-electron chi connectivity index (χ0n) is 19.4. The molecule has 0 saturated carbocycles. The van der Waals surface area contributed by atoms with Crippen LogP contribution in [0.15, 0.2) is 47.5 Å². The number of nitrogens with one attached hydrogen (secondary N) is 2. The van der Waals surface area contributed by atoms with Gasteiger partial charge in [-0.05, 0) is 29.2 Å². The van der Waals surface area contributed by atoms with Crippen molar-refractivity contribution in [3.63, 3.8) is 0 Å². The molecule has 0 radical (unpaired) electrons. The maximum atomic E-state index is 12.8. The van der Waals surface area contributed by atoms with Crippen LogP contribution in [0.25, 0.3) is 0 Å². The van der Waals surface area contributed by atoms with Gasteiger partial charge in [0, 0.05) is 36.5 Å². The molecule has 2 aromatic rings. The number of carbonyl (C=O) groups is 2. The van der Waals surface area contributed by atoms with E-state index in [2.05, 4.69) is 31.4 Å². The molecule has 0 atom stereocenters. The van der Waals surface area contributed by atoms with E-state index in [1.807, 2.05) is 24.3 Å². The Morgan fingerprint density at radius 3 is 2.42 bits per heavy atom. The number of hydrogen-bond donors (Lipinski definition) is 2. The predicted molar refractivity (Wildman–Crippen MR) is 130 cm³/mol. The molecule has 2 aromatic carbocycles. The summed E-state index contributed by atoms with van der Waals surface area (Å²) in [6.07, 6.45) is 1.09. The molecule has 1 saturated heterocycles. The van der Waals surface area contributed by atoms with Gasteiger partial charge in [0.1, 0.15) is 17.1 Å². The lowest BCUT2D eigenvalue weighted by molar-refractivity contribution is -0.115. The lowest BCUT2D eigenvalue weighted by Gasteiger charge is -2.37. The Balaban J connectivity index is 1.43. The Bertz CT molecular complexity index is 1100. The second-order valence-corrected chi connectivity index (χ2v) is 9.97. The summed E-state index contributed by atoms with van der Waals surface area (Å²) in [7, 11) is 1.54. The van der Waals surface area contributed by atoms with Crippen molar-refractivity contribution in [2.45, 2.75) is 44.7 Å². The summed E-state index contributed by atoms with van der Waals surface area (Å²) in [6, 6.07) is 12.8. The van der Waals surface area contributed by atoms with Crippen molar-refractivity contribution >= 4 is 34.9 Å². The molecule has 7 nitrogen and oxygen atoms in total. The van der Waals surface area contributed by atoms with E-state index in [1.165, 1.54) is 5.56 Å². The van der Waals surface area contributed by atoms with Crippen LogP contribution in [-0.2, 0) is 10.2 Å². The quantitative estimate of drug-likeness (QED) is 0.691. The van der Waals surface area contributed by atoms with Crippen molar-refractivity contribution in [3.8, 4) is 5.75 Å². The second-order valence-electron chi connectivity index (χ2n) is 9.54. The van der Waals surface area contributed by atoms with Gasteiger partial charge in [0.15, 0.2) is 0 Å². The van der Waals surface area contributed by atoms with Gasteiger partial charge >= 0.3 is 6.03 Å². The minimum absolute atomic E-state index is 0.0437. The van der Waals surface area contributed by atoms with Crippen LogP contribution >= 0.6 is 11.6 Å². The third kappa shape index (κ3) is 4.83. The third-order valence-corrected chi connectivity index (χ3v) is 6.43. The van der Waals surface area contributed by atoms with Gasteiger partial charge in [-0.2, -0.15) is 0 Å². The highest BCUT2D eigenvalue weighted by Gasteiger charge is 2.43. The number of hydrogen-bond acceptors (Lipinski definition) is 4. The standard InChI is InChI=1S/C25H29ClN4O3/c1-24(2,3)17-7-5-16(6-8-17)21-22(31)29-25(28-21)11-13-30(14-12-25)23(32)27-19-15-18(26)9-10-20(19)33-4/h5-10,15H,11-14H2,1-4H3,(H,27,32)(H,29,31). The molecule has 0 unspecified atom stereocenters. The molecule has 0 bridgehead atoms. The summed E-state index contributed by atoms with van der Waals surface area (Å²) < 4.78 is 5.30. The molecule has 3 amide bonds. The Hall–Kier alpha value is -3.06. The second kappa shape index (κ2) is 8.71. The molecule has 8 heteroatoms. The highest BCUT2D eigenvalue weighted by Crippen LogP contribution is 2.31. The van der Waals surface area contributed by atoms with E-state index >= 15 is 0 Å². The maximum Gasteiger partial charge on any atom is 0.321 e. The first-order valence-electron chi connectivity index (χ1n) is 11.0. The highest BCUT2D eigenvalue weighted by atomic mass is 35.5. The van der Waals surface area contributed by atoms with Crippen LogP contribution in [0.1, 0.15) is 44.7 Å². The molecule has 2 N–H and O–H groups in total. The zero-order chi connectivity index (χ0) is 23.8. The average molecular weight is 469 g/mol. The molecule has 1 fully saturated rings. The Morgan fingerprint density at radius 1 is 1.15 bits per heavy atom. The number of nitrogens with zero attached hydrogens (tertiary/aromatic N) is 2. The number of amides is 3. The van der Waals surface area contributed by atoms with Gasteiger partial charge < -0.3 is 20.3 Å². The molecule has 174 valence electrons. The predicted octanol–water partition coefficient (Wildman–Crippen LogP) is 4.59. The van der Waals surface area contributed by atoms with Crippen molar-refractivity contribution in [1.82, 2.24) is 10.2 Å². The van der Waals surface area contributed by atoms with Crippen molar-refractivity contribution in [1.29, 1.82) is 0 Å². The van der Waals surface area contributed by atoms with E-state index in [-0.39, 0.29) is 17.4 Å². The summed E-state index contributed by atoms with van der Waals surface area (Å²) in [5.74, 6) is 0.371. The van der Waals surface area contributed by atoms with Crippen LogP contribution in [0.3, 0.4) is 0 Å². The number of methoxy groups -OCH3 is 1. The lowest BCUT2D eigenvalue weighted by Crippen LogP contribution is -2.53. The monoisotopic (exact) mass is 468 g/mol. The van der Waals surface area contributed by atoms with Gasteiger partial charge in [-0.15, -0.1) is 0 Å². The van der Waals surface area contributed by atoms with Gasteiger partial charge in [0.2, 0.25) is 0 Å². The first-order valence-corrected chi connectivity index (χ1v) is 11.4. The van der Waals surface area contributed by atoms with E-state index in [1.54, 1.807) is 30.2 Å². The fourth-order valence-corrected chi connectivity index (χ4v) is 4.35. The van der Waals surface area contributed by atoms with Crippen LogP contribution in [0, 0.1) is 0 Å². The minimum atomic E-state index is -0.667. The fraction of sp³-hybridized carbons (Fsp3) is 0.400. The lowest BCUT2D eigenvalue weighted by atomic mass is 9.86. The van der Waals surface area contributed by atoms with Gasteiger partial charge in [-0.3, -0.25) is 9.79 Å². The minimum Gasteiger partial charge on any atom is -0.495 e. The molecule has 0 aliphatic carbocycles. The maximum absolute atomic E-state index is 12.8. The smallest absolute Gasteiger partial charge is 0.321 e. The molecule has 2 aliphatic heterocycles. The van der Waals surface area contributed by atoms with Crippen molar-refractivity contribution in [3.05, 3.63) is 58.6 Å². The van der Waals surface area contributed by atoms with E-state index in [9.17, 15) is 9.59 Å². The molecule has 2 aliphatic rings. The van der Waals surface area contributed by atoms with Crippen LogP contribution in [0.5, 0.6) is 5.75 Å². The van der Waals surface area contributed by atoms with Gasteiger partial charge in [-0.1, -0.05) is 56.6 Å². The van der Waals surface area contributed by atoms with Gasteiger partial charge in [0.05, 0.1) is 12.8 Å². The molecule has 4 rings (SSSR count). The van der Waals surface area contributed by atoms with Gasteiger partial charge in [0.25, 0.3) is 5.91 Å². The summed E-state index contributed by atoms with van der Waals surface area (Å²) in [6.45, 7) is 7.40. The Labute approximate surface area is 199 Å².